The van der Waals surface area contributed by atoms with Crippen LogP contribution in [-0.2, 0) is 38.4 Å². The van der Waals surface area contributed by atoms with Crippen molar-refractivity contribution < 1.29 is 53.7 Å². The van der Waals surface area contributed by atoms with E-state index in [9.17, 15) is 53.7 Å². The lowest BCUT2D eigenvalue weighted by Crippen LogP contribution is -2.56. The van der Waals surface area contributed by atoms with Gasteiger partial charge in [0.2, 0.25) is 41.4 Å². The third kappa shape index (κ3) is 10.3. The van der Waals surface area contributed by atoms with Crippen molar-refractivity contribution in [3.63, 3.8) is 0 Å². The minimum Gasteiger partial charge on any atom is -0.480 e. The average Bonchev–Trinajstić information content (AvgIpc) is 3.79. The van der Waals surface area contributed by atoms with E-state index in [1.54, 1.807) is 13.8 Å². The molecule has 0 spiro atoms. The Hall–Kier alpha value is -4.36. The summed E-state index contributed by atoms with van der Waals surface area (Å²) >= 11 is 0. The van der Waals surface area contributed by atoms with Crippen LogP contribution in [0.15, 0.2) is 0 Å². The third-order valence-electron chi connectivity index (χ3n) is 8.70. The minimum absolute atomic E-state index is 0.101. The summed E-state index contributed by atoms with van der Waals surface area (Å²) in [6, 6.07) is -5.44. The van der Waals surface area contributed by atoms with Crippen molar-refractivity contribution >= 4 is 47.3 Å². The summed E-state index contributed by atoms with van der Waals surface area (Å²) in [5.41, 5.74) is 5.27. The number of likely N-dealkylation sites (tertiary alicyclic amines) is 3. The molecule has 0 unspecified atom stereocenters. The number of aliphatic hydroxyl groups is 2. The molecule has 0 aromatic heterocycles. The Bertz CT molecular complexity index is 1300. The van der Waals surface area contributed by atoms with Gasteiger partial charge in [0.15, 0.2) is 0 Å². The highest BCUT2D eigenvalue weighted by Crippen LogP contribution is 2.22. The molecule has 7 atom stereocenters. The van der Waals surface area contributed by atoms with Crippen molar-refractivity contribution in [1.29, 1.82) is 0 Å². The SMILES string of the molecule is CC(C)C[C@H](NC(=O)CNC(=O)[C@@H]1C[C@@H](O)CN1C(=O)[C@H](C)NC(=O)CN)C(=O)N1C[C@H](O)C[C@H]1C(=O)NCC(=O)N1CCC[C@H]1C(=O)O. The summed E-state index contributed by atoms with van der Waals surface area (Å²) in [4.78, 5) is 105. The summed E-state index contributed by atoms with van der Waals surface area (Å²) in [7, 11) is 0. The van der Waals surface area contributed by atoms with Crippen molar-refractivity contribution in [2.75, 3.05) is 39.3 Å². The topological polar surface area (TPSA) is 281 Å². The van der Waals surface area contributed by atoms with Crippen molar-refractivity contribution in [2.45, 2.75) is 95.3 Å². The fourth-order valence-corrected chi connectivity index (χ4v) is 6.35. The highest BCUT2D eigenvalue weighted by molar-refractivity contribution is 5.96. The largest absolute Gasteiger partial charge is 0.480 e. The molecular formula is C30H48N8O11. The number of β-amino-alcohol motifs (C(OH)–C–C–N with tert-alkyl or cyclic N) is 2. The first-order valence-electron chi connectivity index (χ1n) is 16.4. The van der Waals surface area contributed by atoms with Gasteiger partial charge in [-0.3, -0.25) is 33.6 Å². The molecule has 0 bridgehead atoms. The monoisotopic (exact) mass is 696 g/mol. The number of nitrogens with zero attached hydrogens (tertiary/aromatic N) is 3. The Balaban J connectivity index is 1.60. The standard InChI is InChI=1S/C30H48N8O11/c1-15(2)7-19(35-24(42)11-32-26(44)21-8-17(39)13-37(21)28(46)16(3)34-23(41)10-31)29(47)38-14-18(40)9-22(38)27(45)33-12-25(43)36-6-4-5-20(36)30(48)49/h15-22,39-40H,4-14,31H2,1-3H3,(H,32,44)(H,33,45)(H,34,41)(H,35,42)(H,48,49)/t16-,17+,18+,19-,20-,21-,22-/m0/s1. The molecule has 3 aliphatic rings. The van der Waals surface area contributed by atoms with Gasteiger partial charge in [-0.2, -0.15) is 0 Å². The molecule has 274 valence electrons. The maximum absolute atomic E-state index is 13.7. The van der Waals surface area contributed by atoms with E-state index in [-0.39, 0.29) is 51.4 Å². The van der Waals surface area contributed by atoms with E-state index < -0.39 is 103 Å². The molecule has 3 heterocycles. The summed E-state index contributed by atoms with van der Waals surface area (Å²) in [6.07, 6.45) is -1.33. The normalized spacial score (nSPS) is 24.7. The molecule has 19 nitrogen and oxygen atoms in total. The number of nitrogens with two attached hydrogens (primary N) is 1. The van der Waals surface area contributed by atoms with E-state index in [2.05, 4.69) is 21.3 Å². The van der Waals surface area contributed by atoms with Crippen LogP contribution in [-0.4, -0.2) is 159 Å². The fourth-order valence-electron chi connectivity index (χ4n) is 6.35. The molecule has 19 heteroatoms. The van der Waals surface area contributed by atoms with Gasteiger partial charge in [0.25, 0.3) is 0 Å². The van der Waals surface area contributed by atoms with E-state index in [0.29, 0.717) is 12.8 Å². The van der Waals surface area contributed by atoms with Crippen LogP contribution in [0.5, 0.6) is 0 Å². The quantitative estimate of drug-likeness (QED) is 0.0850. The van der Waals surface area contributed by atoms with Crippen LogP contribution in [0.2, 0.25) is 0 Å². The molecule has 3 saturated heterocycles. The van der Waals surface area contributed by atoms with Crippen LogP contribution in [0.25, 0.3) is 0 Å². The molecule has 3 rings (SSSR count). The van der Waals surface area contributed by atoms with Gasteiger partial charge in [-0.1, -0.05) is 13.8 Å². The van der Waals surface area contributed by atoms with Crippen molar-refractivity contribution in [3.05, 3.63) is 0 Å². The number of hydrogen-bond acceptors (Lipinski definition) is 11. The zero-order valence-corrected chi connectivity index (χ0v) is 27.9. The molecule has 7 amide bonds. The molecule has 0 radical (unpaired) electrons. The van der Waals surface area contributed by atoms with E-state index in [1.807, 2.05) is 0 Å². The summed E-state index contributed by atoms with van der Waals surface area (Å²) in [5, 5.41) is 39.7. The molecule has 3 fully saturated rings. The highest BCUT2D eigenvalue weighted by atomic mass is 16.4. The summed E-state index contributed by atoms with van der Waals surface area (Å²) < 4.78 is 0. The number of carboxylic acid groups (broad SMARTS) is 1. The van der Waals surface area contributed by atoms with Crippen LogP contribution in [0.1, 0.15) is 52.9 Å². The molecule has 49 heavy (non-hydrogen) atoms. The molecule has 3 aliphatic heterocycles. The Morgan fingerprint density at radius 1 is 0.755 bits per heavy atom. The van der Waals surface area contributed by atoms with Gasteiger partial charge >= 0.3 is 5.97 Å². The van der Waals surface area contributed by atoms with E-state index in [1.165, 1.54) is 11.8 Å². The lowest BCUT2D eigenvalue weighted by molar-refractivity contribution is -0.148. The maximum Gasteiger partial charge on any atom is 0.326 e. The second-order valence-corrected chi connectivity index (χ2v) is 13.1. The van der Waals surface area contributed by atoms with Gasteiger partial charge in [-0.05, 0) is 32.1 Å². The average molecular weight is 697 g/mol. The van der Waals surface area contributed by atoms with Crippen LogP contribution in [0.4, 0.5) is 0 Å². The molecule has 0 aromatic carbocycles. The van der Waals surface area contributed by atoms with Crippen LogP contribution >= 0.6 is 0 Å². The summed E-state index contributed by atoms with van der Waals surface area (Å²) in [5.74, 6) is -5.91. The van der Waals surface area contributed by atoms with Crippen molar-refractivity contribution in [2.24, 2.45) is 11.7 Å². The number of amides is 7. The first-order chi connectivity index (χ1) is 23.0. The van der Waals surface area contributed by atoms with Gasteiger partial charge in [0.1, 0.15) is 30.2 Å². The number of nitrogens with one attached hydrogen (secondary N) is 4. The number of rotatable bonds is 14. The zero-order chi connectivity index (χ0) is 36.6. The van der Waals surface area contributed by atoms with Crippen molar-refractivity contribution in [3.8, 4) is 0 Å². The molecular weight excluding hydrogens is 648 g/mol. The van der Waals surface area contributed by atoms with Gasteiger partial charge in [-0.15, -0.1) is 0 Å². The maximum atomic E-state index is 13.7. The lowest BCUT2D eigenvalue weighted by atomic mass is 10.0. The van der Waals surface area contributed by atoms with Gasteiger partial charge in [0, 0.05) is 32.5 Å². The van der Waals surface area contributed by atoms with Crippen molar-refractivity contribution in [1.82, 2.24) is 36.0 Å². The molecule has 0 aliphatic carbocycles. The third-order valence-corrected chi connectivity index (χ3v) is 8.70. The number of carboxylic acids is 1. The lowest BCUT2D eigenvalue weighted by Gasteiger charge is -2.30. The zero-order valence-electron chi connectivity index (χ0n) is 27.9. The first kappa shape index (κ1) is 39.1. The Labute approximate surface area is 283 Å². The van der Waals surface area contributed by atoms with E-state index >= 15 is 0 Å². The predicted octanol–water partition coefficient (Wildman–Crippen LogP) is -4.79. The Kier molecular flexibility index (Phi) is 13.8. The highest BCUT2D eigenvalue weighted by Gasteiger charge is 2.43. The predicted molar refractivity (Wildman–Crippen MR) is 169 cm³/mol. The first-order valence-corrected chi connectivity index (χ1v) is 16.4. The number of carbonyl (C=O) groups excluding carboxylic acids is 7. The fraction of sp³-hybridized carbons (Fsp3) is 0.733. The van der Waals surface area contributed by atoms with Crippen LogP contribution < -0.4 is 27.0 Å². The molecule has 0 saturated carbocycles. The molecule has 0 aromatic rings. The minimum atomic E-state index is -1.16. The smallest absolute Gasteiger partial charge is 0.326 e. The molecule has 9 N–H and O–H groups in total. The number of carbonyl (C=O) groups is 8. The van der Waals surface area contributed by atoms with Crippen LogP contribution in [0, 0.1) is 5.92 Å². The second-order valence-electron chi connectivity index (χ2n) is 13.1. The number of aliphatic carboxylic acids is 1. The second kappa shape index (κ2) is 17.3. The van der Waals surface area contributed by atoms with Gasteiger partial charge in [0.05, 0.1) is 31.8 Å². The Morgan fingerprint density at radius 3 is 1.84 bits per heavy atom. The van der Waals surface area contributed by atoms with Crippen LogP contribution in [0.3, 0.4) is 0 Å². The number of hydrogen-bond donors (Lipinski definition) is 8. The van der Waals surface area contributed by atoms with E-state index in [4.69, 9.17) is 5.73 Å². The van der Waals surface area contributed by atoms with Gasteiger partial charge in [-0.25, -0.2) is 4.79 Å². The van der Waals surface area contributed by atoms with Gasteiger partial charge < -0.3 is 57.0 Å². The van der Waals surface area contributed by atoms with E-state index in [0.717, 1.165) is 9.80 Å². The Morgan fingerprint density at radius 2 is 1.31 bits per heavy atom. The summed E-state index contributed by atoms with van der Waals surface area (Å²) in [6.45, 7) is 3.46. The number of aliphatic hydroxyl groups excluding tert-OH is 2.